The monoisotopic (exact) mass is 423 g/mol. The van der Waals surface area contributed by atoms with E-state index in [-0.39, 0.29) is 17.7 Å². The molecule has 3 rings (SSSR count). The summed E-state index contributed by atoms with van der Waals surface area (Å²) in [7, 11) is 1.57. The van der Waals surface area contributed by atoms with E-state index in [9.17, 15) is 9.59 Å². The normalized spacial score (nSPS) is 15.5. The van der Waals surface area contributed by atoms with Gasteiger partial charge in [-0.2, -0.15) is 0 Å². The van der Waals surface area contributed by atoms with E-state index in [2.05, 4.69) is 26.3 Å². The summed E-state index contributed by atoms with van der Waals surface area (Å²) < 4.78 is 5.15. The lowest BCUT2D eigenvalue weighted by molar-refractivity contribution is -0.116. The molecule has 1 aliphatic rings. The van der Waals surface area contributed by atoms with Crippen LogP contribution in [0.1, 0.15) is 35.2 Å². The van der Waals surface area contributed by atoms with Crippen molar-refractivity contribution in [3.63, 3.8) is 0 Å². The molecule has 8 heteroatoms. The molecular formula is C23H29N5O3. The fraction of sp³-hybridized carbons (Fsp3) is 0.348. The number of methoxy groups -OCH3 is 1. The molecule has 2 aromatic carbocycles. The highest BCUT2D eigenvalue weighted by Crippen LogP contribution is 2.31. The van der Waals surface area contributed by atoms with E-state index in [1.54, 1.807) is 31.4 Å². The Bertz CT molecular complexity index is 944. The highest BCUT2D eigenvalue weighted by molar-refractivity contribution is 5.95. The topological polar surface area (TPSA) is 104 Å². The van der Waals surface area contributed by atoms with Crippen LogP contribution in [0.5, 0.6) is 5.75 Å². The number of nitrogens with zero attached hydrogens (tertiary/aromatic N) is 1. The quantitative estimate of drug-likeness (QED) is 0.296. The Morgan fingerprint density at radius 1 is 1.13 bits per heavy atom. The second kappa shape index (κ2) is 11.0. The first-order chi connectivity index (χ1) is 15.1. The molecule has 1 unspecified atom stereocenters. The average Bonchev–Trinajstić information content (AvgIpc) is 2.79. The van der Waals surface area contributed by atoms with E-state index in [4.69, 9.17) is 4.74 Å². The number of amides is 2. The van der Waals surface area contributed by atoms with E-state index >= 15 is 0 Å². The first-order valence-electron chi connectivity index (χ1n) is 10.4. The molecule has 1 heterocycles. The highest BCUT2D eigenvalue weighted by atomic mass is 16.5. The summed E-state index contributed by atoms with van der Waals surface area (Å²) in [6.07, 6.45) is 0.413. The Balaban J connectivity index is 1.52. The fourth-order valence-electron chi connectivity index (χ4n) is 3.43. The van der Waals surface area contributed by atoms with Crippen molar-refractivity contribution < 1.29 is 14.3 Å². The van der Waals surface area contributed by atoms with Crippen LogP contribution in [0.3, 0.4) is 0 Å². The number of hydrogen-bond acceptors (Lipinski definition) is 4. The van der Waals surface area contributed by atoms with Gasteiger partial charge in [0.1, 0.15) is 5.75 Å². The highest BCUT2D eigenvalue weighted by Gasteiger charge is 2.24. The molecule has 0 bridgehead atoms. The van der Waals surface area contributed by atoms with Gasteiger partial charge in [-0.1, -0.05) is 24.3 Å². The van der Waals surface area contributed by atoms with Crippen LogP contribution in [0.4, 0.5) is 5.69 Å². The van der Waals surface area contributed by atoms with Crippen LogP contribution >= 0.6 is 0 Å². The maximum atomic E-state index is 12.3. The third-order valence-electron chi connectivity index (χ3n) is 4.96. The van der Waals surface area contributed by atoms with E-state index in [0.717, 1.165) is 11.3 Å². The van der Waals surface area contributed by atoms with E-state index in [1.165, 1.54) is 0 Å². The molecule has 1 aliphatic heterocycles. The van der Waals surface area contributed by atoms with Gasteiger partial charge in [-0.05, 0) is 36.8 Å². The summed E-state index contributed by atoms with van der Waals surface area (Å²) >= 11 is 0. The lowest BCUT2D eigenvalue weighted by atomic mass is 9.91. The van der Waals surface area contributed by atoms with Crippen LogP contribution in [-0.4, -0.2) is 51.1 Å². The molecule has 0 fully saturated rings. The van der Waals surface area contributed by atoms with Gasteiger partial charge in [0, 0.05) is 43.2 Å². The van der Waals surface area contributed by atoms with Gasteiger partial charge in [0.05, 0.1) is 13.7 Å². The zero-order chi connectivity index (χ0) is 22.1. The third-order valence-corrected chi connectivity index (χ3v) is 4.96. The largest absolute Gasteiger partial charge is 0.497 e. The van der Waals surface area contributed by atoms with Crippen LogP contribution < -0.4 is 26.0 Å². The predicted molar refractivity (Wildman–Crippen MR) is 122 cm³/mol. The Labute approximate surface area is 182 Å². The maximum Gasteiger partial charge on any atom is 0.251 e. The van der Waals surface area contributed by atoms with Gasteiger partial charge < -0.3 is 26.0 Å². The van der Waals surface area contributed by atoms with Crippen molar-refractivity contribution in [1.82, 2.24) is 16.0 Å². The number of hydrogen-bond donors (Lipinski definition) is 4. The second-order valence-electron chi connectivity index (χ2n) is 7.17. The molecule has 0 aliphatic carbocycles. The molecule has 8 nitrogen and oxygen atoms in total. The third kappa shape index (κ3) is 6.21. The van der Waals surface area contributed by atoms with Crippen LogP contribution in [0.15, 0.2) is 53.5 Å². The van der Waals surface area contributed by atoms with Gasteiger partial charge in [-0.3, -0.25) is 14.6 Å². The molecule has 164 valence electrons. The number of para-hydroxylation sites is 1. The molecule has 0 saturated heterocycles. The number of anilines is 1. The number of ether oxygens (including phenoxy) is 1. The predicted octanol–water partition coefficient (Wildman–Crippen LogP) is 2.11. The van der Waals surface area contributed by atoms with Crippen molar-refractivity contribution in [2.45, 2.75) is 19.3 Å². The lowest BCUT2D eigenvalue weighted by Crippen LogP contribution is -2.41. The summed E-state index contributed by atoms with van der Waals surface area (Å²) in [6.45, 7) is 4.16. The van der Waals surface area contributed by atoms with Crippen LogP contribution in [0.2, 0.25) is 0 Å². The minimum atomic E-state index is -0.160. The molecule has 0 saturated carbocycles. The van der Waals surface area contributed by atoms with Gasteiger partial charge in [-0.25, -0.2) is 0 Å². The molecule has 0 radical (unpaired) electrons. The summed E-state index contributed by atoms with van der Waals surface area (Å²) in [5.41, 5.74) is 2.51. The number of aliphatic imine (C=N–C) groups is 1. The summed E-state index contributed by atoms with van der Waals surface area (Å²) in [5, 5.41) is 12.2. The number of rotatable bonds is 8. The number of guanidine groups is 1. The Kier molecular flexibility index (Phi) is 7.86. The number of fused-ring (bicyclic) bond motifs is 1. The van der Waals surface area contributed by atoms with Crippen molar-refractivity contribution in [3.05, 3.63) is 59.7 Å². The second-order valence-corrected chi connectivity index (χ2v) is 7.17. The van der Waals surface area contributed by atoms with Crippen LogP contribution in [0.25, 0.3) is 0 Å². The Morgan fingerprint density at radius 3 is 2.74 bits per heavy atom. The average molecular weight is 424 g/mol. The van der Waals surface area contributed by atoms with Gasteiger partial charge in [0.25, 0.3) is 5.91 Å². The number of carbonyl (C=O) groups is 2. The first kappa shape index (κ1) is 22.1. The van der Waals surface area contributed by atoms with Crippen molar-refractivity contribution in [2.24, 2.45) is 4.99 Å². The fourth-order valence-corrected chi connectivity index (χ4v) is 3.43. The van der Waals surface area contributed by atoms with Crippen molar-refractivity contribution in [1.29, 1.82) is 0 Å². The number of carbonyl (C=O) groups excluding carboxylic acids is 2. The van der Waals surface area contributed by atoms with E-state index in [1.807, 2.05) is 31.2 Å². The van der Waals surface area contributed by atoms with E-state index < -0.39 is 0 Å². The molecule has 1 atom stereocenters. The first-order valence-corrected chi connectivity index (χ1v) is 10.4. The number of benzene rings is 2. The summed E-state index contributed by atoms with van der Waals surface area (Å²) in [4.78, 5) is 28.9. The summed E-state index contributed by atoms with van der Waals surface area (Å²) in [6, 6.07) is 14.9. The molecule has 0 aromatic heterocycles. The standard InChI is InChI=1S/C23H29N5O3/c1-3-24-23(26-12-11-25-22(30)16-7-6-8-18(13-16)31-2)27-15-17-14-21(29)28-20-10-5-4-9-19(17)20/h4-10,13,17H,3,11-12,14-15H2,1-2H3,(H,25,30)(H,28,29)(H2,24,26,27). The van der Waals surface area contributed by atoms with Gasteiger partial charge >= 0.3 is 0 Å². The minimum Gasteiger partial charge on any atom is -0.497 e. The van der Waals surface area contributed by atoms with Crippen molar-refractivity contribution in [3.8, 4) is 5.75 Å². The van der Waals surface area contributed by atoms with Crippen LogP contribution in [-0.2, 0) is 4.79 Å². The molecule has 0 spiro atoms. The lowest BCUT2D eigenvalue weighted by Gasteiger charge is -2.24. The molecule has 4 N–H and O–H groups in total. The molecule has 31 heavy (non-hydrogen) atoms. The van der Waals surface area contributed by atoms with Gasteiger partial charge in [0.2, 0.25) is 5.91 Å². The van der Waals surface area contributed by atoms with Gasteiger partial charge in [-0.15, -0.1) is 0 Å². The Hall–Kier alpha value is -3.55. The minimum absolute atomic E-state index is 0.0112. The molecule has 2 aromatic rings. The molecule has 2 amide bonds. The van der Waals surface area contributed by atoms with Crippen LogP contribution in [0, 0.1) is 0 Å². The van der Waals surface area contributed by atoms with Crippen molar-refractivity contribution >= 4 is 23.5 Å². The summed E-state index contributed by atoms with van der Waals surface area (Å²) in [5.74, 6) is 1.18. The maximum absolute atomic E-state index is 12.3. The zero-order valence-corrected chi connectivity index (χ0v) is 17.9. The van der Waals surface area contributed by atoms with Gasteiger partial charge in [0.15, 0.2) is 5.96 Å². The zero-order valence-electron chi connectivity index (χ0n) is 17.9. The van der Waals surface area contributed by atoms with E-state index in [0.29, 0.717) is 49.9 Å². The smallest absolute Gasteiger partial charge is 0.251 e. The Morgan fingerprint density at radius 2 is 1.94 bits per heavy atom. The molecular weight excluding hydrogens is 394 g/mol. The number of nitrogens with one attached hydrogen (secondary N) is 4. The SMILES string of the molecule is CCNC(=NCC1CC(=O)Nc2ccccc21)NCCNC(=O)c1cccc(OC)c1. The van der Waals surface area contributed by atoms with Crippen molar-refractivity contribution in [2.75, 3.05) is 38.6 Å².